The minimum Gasteiger partial charge on any atom is -0.497 e. The van der Waals surface area contributed by atoms with E-state index in [4.69, 9.17) is 14.2 Å². The zero-order valence-corrected chi connectivity index (χ0v) is 21.9. The van der Waals surface area contributed by atoms with E-state index in [-0.39, 0.29) is 11.8 Å². The summed E-state index contributed by atoms with van der Waals surface area (Å²) in [5.74, 6) is 0.0304. The van der Waals surface area contributed by atoms with Crippen molar-refractivity contribution < 1.29 is 23.8 Å². The molecule has 3 aromatic carbocycles. The van der Waals surface area contributed by atoms with Crippen molar-refractivity contribution in [1.82, 2.24) is 9.47 Å². The number of aryl methyl sites for hydroxylation is 1. The Morgan fingerprint density at radius 2 is 1.71 bits per heavy atom. The Bertz CT molecular complexity index is 1490. The van der Waals surface area contributed by atoms with Crippen molar-refractivity contribution in [3.63, 3.8) is 0 Å². The summed E-state index contributed by atoms with van der Waals surface area (Å²) in [6.45, 7) is 0.678. The molecule has 2 heterocycles. The van der Waals surface area contributed by atoms with Crippen LogP contribution in [-0.4, -0.2) is 55.8 Å². The average Bonchev–Trinajstić information content (AvgIpc) is 3.28. The molecule has 1 aromatic heterocycles. The van der Waals surface area contributed by atoms with Crippen LogP contribution in [0.2, 0.25) is 0 Å². The monoisotopic (exact) mass is 513 g/mol. The number of carbonyl (C=O) groups is 2. The SMILES string of the molecule is COCCN1C(=O)c2ccccc2[C@@H](C(=O)Nc2cc(OC)ccc2OC)[C@H]1c1cn(C)c2ccccc12. The summed E-state index contributed by atoms with van der Waals surface area (Å²) >= 11 is 0. The van der Waals surface area contributed by atoms with Crippen LogP contribution in [0.3, 0.4) is 0 Å². The second kappa shape index (κ2) is 10.6. The van der Waals surface area contributed by atoms with Gasteiger partial charge in [0.15, 0.2) is 0 Å². The average molecular weight is 514 g/mol. The Morgan fingerprint density at radius 1 is 0.947 bits per heavy atom. The fourth-order valence-corrected chi connectivity index (χ4v) is 5.39. The van der Waals surface area contributed by atoms with E-state index in [0.717, 1.165) is 16.5 Å². The fraction of sp³-hybridized carbons (Fsp3) is 0.267. The largest absolute Gasteiger partial charge is 0.497 e. The maximum Gasteiger partial charge on any atom is 0.254 e. The number of fused-ring (bicyclic) bond motifs is 2. The predicted octanol–water partition coefficient (Wildman–Crippen LogP) is 4.76. The highest BCUT2D eigenvalue weighted by atomic mass is 16.5. The third-order valence-corrected chi connectivity index (χ3v) is 7.17. The van der Waals surface area contributed by atoms with Crippen LogP contribution in [0.1, 0.15) is 33.4 Å². The van der Waals surface area contributed by atoms with E-state index in [9.17, 15) is 9.59 Å². The van der Waals surface area contributed by atoms with Crippen LogP contribution in [0.5, 0.6) is 11.5 Å². The van der Waals surface area contributed by atoms with E-state index in [2.05, 4.69) is 5.32 Å². The molecular formula is C30H31N3O5. The van der Waals surface area contributed by atoms with Crippen LogP contribution in [0.25, 0.3) is 10.9 Å². The standard InChI is InChI=1S/C30H31N3O5/c1-32-18-23(20-9-7-8-12-25(20)32)28-27(29(34)31-24-17-19(37-3)13-14-26(24)38-4)21-10-5-6-11-22(21)30(35)33(28)15-16-36-2/h5-14,17-18,27-28H,15-16H2,1-4H3,(H,31,34)/t27-,28-/m1/s1. The van der Waals surface area contributed by atoms with E-state index >= 15 is 0 Å². The first-order chi connectivity index (χ1) is 18.5. The van der Waals surface area contributed by atoms with Crippen LogP contribution < -0.4 is 14.8 Å². The molecule has 0 unspecified atom stereocenters. The van der Waals surface area contributed by atoms with Gasteiger partial charge < -0.3 is 29.0 Å². The maximum atomic E-state index is 14.3. The third kappa shape index (κ3) is 4.37. The maximum absolute atomic E-state index is 14.3. The van der Waals surface area contributed by atoms with Gasteiger partial charge in [-0.1, -0.05) is 36.4 Å². The van der Waals surface area contributed by atoms with Gasteiger partial charge in [-0.05, 0) is 29.8 Å². The highest BCUT2D eigenvalue weighted by molar-refractivity contribution is 6.05. The molecule has 5 rings (SSSR count). The number of para-hydroxylation sites is 1. The zero-order chi connectivity index (χ0) is 26.8. The molecule has 0 spiro atoms. The number of anilines is 1. The minimum absolute atomic E-state index is 0.126. The van der Waals surface area contributed by atoms with Crippen molar-refractivity contribution >= 4 is 28.4 Å². The second-order valence-electron chi connectivity index (χ2n) is 9.27. The summed E-state index contributed by atoms with van der Waals surface area (Å²) in [7, 11) is 6.70. The second-order valence-corrected chi connectivity index (χ2v) is 9.27. The van der Waals surface area contributed by atoms with Crippen molar-refractivity contribution in [2.45, 2.75) is 12.0 Å². The lowest BCUT2D eigenvalue weighted by Crippen LogP contribution is -2.47. The van der Waals surface area contributed by atoms with Crippen LogP contribution in [0.15, 0.2) is 72.9 Å². The molecule has 0 bridgehead atoms. The molecule has 4 aromatic rings. The van der Waals surface area contributed by atoms with E-state index in [1.54, 1.807) is 50.5 Å². The highest BCUT2D eigenvalue weighted by Crippen LogP contribution is 2.46. The summed E-state index contributed by atoms with van der Waals surface area (Å²) in [5, 5.41) is 4.06. The van der Waals surface area contributed by atoms with Gasteiger partial charge in [0.25, 0.3) is 5.91 Å². The van der Waals surface area contributed by atoms with Gasteiger partial charge in [0, 0.05) is 55.0 Å². The molecule has 0 fully saturated rings. The summed E-state index contributed by atoms with van der Waals surface area (Å²) in [6, 6.07) is 20.0. The van der Waals surface area contributed by atoms with E-state index in [1.807, 2.05) is 60.3 Å². The van der Waals surface area contributed by atoms with Gasteiger partial charge in [0.1, 0.15) is 11.5 Å². The Labute approximate surface area is 221 Å². The van der Waals surface area contributed by atoms with E-state index in [1.165, 1.54) is 0 Å². The normalized spacial score (nSPS) is 16.8. The molecular weight excluding hydrogens is 482 g/mol. The Morgan fingerprint density at radius 3 is 2.47 bits per heavy atom. The first-order valence-electron chi connectivity index (χ1n) is 12.4. The van der Waals surface area contributed by atoms with Crippen molar-refractivity contribution in [2.24, 2.45) is 7.05 Å². The molecule has 1 N–H and O–H groups in total. The van der Waals surface area contributed by atoms with Gasteiger partial charge in [-0.25, -0.2) is 0 Å². The molecule has 0 radical (unpaired) electrons. The smallest absolute Gasteiger partial charge is 0.254 e. The molecule has 0 saturated carbocycles. The predicted molar refractivity (Wildman–Crippen MR) is 146 cm³/mol. The van der Waals surface area contributed by atoms with Crippen LogP contribution in [-0.2, 0) is 16.6 Å². The number of carbonyl (C=O) groups excluding carboxylic acids is 2. The zero-order valence-electron chi connectivity index (χ0n) is 21.9. The molecule has 2 atom stereocenters. The van der Waals surface area contributed by atoms with Crippen molar-refractivity contribution in [1.29, 1.82) is 0 Å². The molecule has 1 aliphatic rings. The molecule has 38 heavy (non-hydrogen) atoms. The van der Waals surface area contributed by atoms with Gasteiger partial charge in [-0.15, -0.1) is 0 Å². The lowest BCUT2D eigenvalue weighted by Gasteiger charge is -2.41. The summed E-state index contributed by atoms with van der Waals surface area (Å²) < 4.78 is 18.3. The Kier molecular flexibility index (Phi) is 7.07. The van der Waals surface area contributed by atoms with Crippen LogP contribution >= 0.6 is 0 Å². The van der Waals surface area contributed by atoms with Gasteiger partial charge in [-0.3, -0.25) is 9.59 Å². The molecule has 196 valence electrons. The number of aromatic nitrogens is 1. The number of amides is 2. The lowest BCUT2D eigenvalue weighted by atomic mass is 9.79. The summed E-state index contributed by atoms with van der Waals surface area (Å²) in [4.78, 5) is 29.9. The molecule has 2 amide bonds. The number of hydrogen-bond donors (Lipinski definition) is 1. The minimum atomic E-state index is -0.692. The number of nitrogens with zero attached hydrogens (tertiary/aromatic N) is 2. The van der Waals surface area contributed by atoms with E-state index in [0.29, 0.717) is 41.5 Å². The van der Waals surface area contributed by atoms with E-state index < -0.39 is 12.0 Å². The third-order valence-electron chi connectivity index (χ3n) is 7.17. The number of rotatable bonds is 8. The highest BCUT2D eigenvalue weighted by Gasteiger charge is 2.45. The molecule has 8 heteroatoms. The molecule has 0 saturated heterocycles. The van der Waals surface area contributed by atoms with Crippen molar-refractivity contribution in [2.75, 3.05) is 39.8 Å². The molecule has 0 aliphatic carbocycles. The number of ether oxygens (including phenoxy) is 3. The van der Waals surface area contributed by atoms with Crippen molar-refractivity contribution in [3.8, 4) is 11.5 Å². The number of nitrogens with one attached hydrogen (secondary N) is 1. The van der Waals surface area contributed by atoms with Crippen LogP contribution in [0.4, 0.5) is 5.69 Å². The quantitative estimate of drug-likeness (QED) is 0.367. The van der Waals surface area contributed by atoms with Gasteiger partial charge in [0.05, 0.1) is 38.5 Å². The summed E-state index contributed by atoms with van der Waals surface area (Å²) in [6.07, 6.45) is 2.02. The fourth-order valence-electron chi connectivity index (χ4n) is 5.39. The Balaban J connectivity index is 1.69. The van der Waals surface area contributed by atoms with Gasteiger partial charge in [0.2, 0.25) is 5.91 Å². The van der Waals surface area contributed by atoms with Gasteiger partial charge >= 0.3 is 0 Å². The van der Waals surface area contributed by atoms with Gasteiger partial charge in [-0.2, -0.15) is 0 Å². The first-order valence-corrected chi connectivity index (χ1v) is 12.4. The first kappa shape index (κ1) is 25.4. The molecule has 8 nitrogen and oxygen atoms in total. The lowest BCUT2D eigenvalue weighted by molar-refractivity contribution is -0.119. The number of methoxy groups -OCH3 is 3. The Hall–Kier alpha value is -4.30. The van der Waals surface area contributed by atoms with Crippen LogP contribution in [0, 0.1) is 0 Å². The molecule has 1 aliphatic heterocycles. The summed E-state index contributed by atoms with van der Waals surface area (Å²) in [5.41, 5.74) is 3.61. The van der Waals surface area contributed by atoms with Crippen molar-refractivity contribution in [3.05, 3.63) is 89.6 Å². The topological polar surface area (TPSA) is 82.0 Å². The number of benzene rings is 3. The number of hydrogen-bond acceptors (Lipinski definition) is 5.